The zero-order valence-corrected chi connectivity index (χ0v) is 12.7. The predicted octanol–water partition coefficient (Wildman–Crippen LogP) is 0.829. The highest BCUT2D eigenvalue weighted by Gasteiger charge is 2.47. The van der Waals surface area contributed by atoms with Crippen LogP contribution in [-0.2, 0) is 23.9 Å². The van der Waals surface area contributed by atoms with Crippen LogP contribution in [0.4, 0.5) is 0 Å². The maximum Gasteiger partial charge on any atom is 0.309 e. The van der Waals surface area contributed by atoms with Gasteiger partial charge in [0.2, 0.25) is 5.91 Å². The first kappa shape index (κ1) is 16.6. The zero-order chi connectivity index (χ0) is 15.6. The number of Topliss-reactive ketones (excluding diaryl/α,β-unsaturated/α-hetero) is 1. The summed E-state index contributed by atoms with van der Waals surface area (Å²) in [5, 5.41) is 2.65. The molecular weight excluding hydrogens is 262 g/mol. The molecule has 114 valence electrons. The fourth-order valence-corrected chi connectivity index (χ4v) is 2.29. The molecule has 1 aliphatic heterocycles. The number of methoxy groups -OCH3 is 1. The fourth-order valence-electron chi connectivity index (χ4n) is 2.29. The molecule has 6 heteroatoms. The van der Waals surface area contributed by atoms with E-state index < -0.39 is 17.1 Å². The van der Waals surface area contributed by atoms with Crippen LogP contribution in [0.25, 0.3) is 0 Å². The Morgan fingerprint density at radius 2 is 2.00 bits per heavy atom. The van der Waals surface area contributed by atoms with Crippen molar-refractivity contribution in [3.63, 3.8) is 0 Å². The summed E-state index contributed by atoms with van der Waals surface area (Å²) in [6, 6.07) is 0. The van der Waals surface area contributed by atoms with Crippen molar-refractivity contribution < 1.29 is 23.9 Å². The Kier molecular flexibility index (Phi) is 4.91. The van der Waals surface area contributed by atoms with Crippen LogP contribution >= 0.6 is 0 Å². The summed E-state index contributed by atoms with van der Waals surface area (Å²) in [5.74, 6) is -1.46. The van der Waals surface area contributed by atoms with Crippen LogP contribution < -0.4 is 5.32 Å². The third-order valence-corrected chi connectivity index (χ3v) is 3.09. The van der Waals surface area contributed by atoms with Crippen molar-refractivity contribution in [2.45, 2.75) is 51.7 Å². The number of hydrogen-bond acceptors (Lipinski definition) is 5. The quantitative estimate of drug-likeness (QED) is 0.597. The molecule has 0 bridgehead atoms. The summed E-state index contributed by atoms with van der Waals surface area (Å²) in [4.78, 5) is 35.4. The standard InChI is InChI=1S/C14H23NO5/c1-9(12(18)20-13(2,3)4)7-14(8-19-5)10(16)6-11(17)15-14/h9H,6-8H2,1-5H3,(H,15,17). The molecule has 1 saturated heterocycles. The average Bonchev–Trinajstić information content (AvgIpc) is 2.51. The molecule has 1 fully saturated rings. The van der Waals surface area contributed by atoms with Crippen LogP contribution in [-0.4, -0.2) is 42.5 Å². The van der Waals surface area contributed by atoms with E-state index in [9.17, 15) is 14.4 Å². The number of ketones is 1. The number of hydrogen-bond donors (Lipinski definition) is 1. The lowest BCUT2D eigenvalue weighted by Gasteiger charge is -2.30. The number of amides is 1. The Bertz CT molecular complexity index is 412. The van der Waals surface area contributed by atoms with Gasteiger partial charge in [0.15, 0.2) is 5.78 Å². The third-order valence-electron chi connectivity index (χ3n) is 3.09. The Hall–Kier alpha value is -1.43. The van der Waals surface area contributed by atoms with Gasteiger partial charge in [-0.3, -0.25) is 14.4 Å². The molecule has 1 aliphatic rings. The van der Waals surface area contributed by atoms with Crippen molar-refractivity contribution in [3.8, 4) is 0 Å². The molecule has 1 rings (SSSR count). The molecule has 1 N–H and O–H groups in total. The minimum Gasteiger partial charge on any atom is -0.460 e. The molecule has 0 aromatic heterocycles. The second-order valence-electron chi connectivity index (χ2n) is 6.30. The van der Waals surface area contributed by atoms with E-state index in [0.29, 0.717) is 0 Å². The number of carbonyl (C=O) groups is 3. The maximum atomic E-state index is 12.0. The van der Waals surface area contributed by atoms with Crippen LogP contribution in [0.15, 0.2) is 0 Å². The smallest absolute Gasteiger partial charge is 0.309 e. The molecule has 6 nitrogen and oxygen atoms in total. The average molecular weight is 285 g/mol. The third kappa shape index (κ3) is 4.03. The number of esters is 1. The molecule has 1 amide bonds. The molecule has 0 spiro atoms. The highest BCUT2D eigenvalue weighted by Crippen LogP contribution is 2.26. The van der Waals surface area contributed by atoms with Gasteiger partial charge in [0.1, 0.15) is 11.1 Å². The van der Waals surface area contributed by atoms with Gasteiger partial charge in [-0.1, -0.05) is 6.92 Å². The summed E-state index contributed by atoms with van der Waals surface area (Å²) < 4.78 is 10.3. The zero-order valence-electron chi connectivity index (χ0n) is 12.7. The molecule has 1 heterocycles. The lowest BCUT2D eigenvalue weighted by molar-refractivity contribution is -0.160. The summed E-state index contributed by atoms with van der Waals surface area (Å²) in [5.41, 5.74) is -1.69. The molecule has 0 aromatic carbocycles. The van der Waals surface area contributed by atoms with Crippen molar-refractivity contribution in [3.05, 3.63) is 0 Å². The van der Waals surface area contributed by atoms with Gasteiger partial charge in [-0.2, -0.15) is 0 Å². The summed E-state index contributed by atoms with van der Waals surface area (Å²) >= 11 is 0. The second-order valence-corrected chi connectivity index (χ2v) is 6.30. The number of ether oxygens (including phenoxy) is 2. The van der Waals surface area contributed by atoms with E-state index in [-0.39, 0.29) is 37.1 Å². The van der Waals surface area contributed by atoms with E-state index in [4.69, 9.17) is 9.47 Å². The number of rotatable bonds is 5. The molecular formula is C14H23NO5. The summed E-state index contributed by atoms with van der Waals surface area (Å²) in [7, 11) is 1.46. The van der Waals surface area contributed by atoms with Crippen molar-refractivity contribution in [2.75, 3.05) is 13.7 Å². The van der Waals surface area contributed by atoms with Gasteiger partial charge in [-0.15, -0.1) is 0 Å². The van der Waals surface area contributed by atoms with E-state index >= 15 is 0 Å². The Morgan fingerprint density at radius 1 is 1.40 bits per heavy atom. The van der Waals surface area contributed by atoms with Crippen molar-refractivity contribution in [2.24, 2.45) is 5.92 Å². The molecule has 20 heavy (non-hydrogen) atoms. The largest absolute Gasteiger partial charge is 0.460 e. The fraction of sp³-hybridized carbons (Fsp3) is 0.786. The molecule has 0 saturated carbocycles. The van der Waals surface area contributed by atoms with Gasteiger partial charge in [-0.05, 0) is 27.2 Å². The number of nitrogens with one attached hydrogen (secondary N) is 1. The van der Waals surface area contributed by atoms with Crippen molar-refractivity contribution >= 4 is 17.7 Å². The first-order valence-corrected chi connectivity index (χ1v) is 6.66. The first-order chi connectivity index (χ1) is 9.09. The summed E-state index contributed by atoms with van der Waals surface area (Å²) in [6.45, 7) is 7.09. The lowest BCUT2D eigenvalue weighted by atomic mass is 9.86. The molecule has 2 unspecified atom stereocenters. The molecule has 0 aromatic rings. The summed E-state index contributed by atoms with van der Waals surface area (Å²) in [6.07, 6.45) is 0.0186. The van der Waals surface area contributed by atoms with Crippen molar-refractivity contribution in [1.82, 2.24) is 5.32 Å². The minimum absolute atomic E-state index is 0.0602. The van der Waals surface area contributed by atoms with Crippen molar-refractivity contribution in [1.29, 1.82) is 0 Å². The monoisotopic (exact) mass is 285 g/mol. The SMILES string of the molecule is COCC1(CC(C)C(=O)OC(C)(C)C)NC(=O)CC1=O. The molecule has 2 atom stereocenters. The Morgan fingerprint density at radius 3 is 2.40 bits per heavy atom. The molecule has 0 radical (unpaired) electrons. The van der Waals surface area contributed by atoms with Crippen LogP contribution in [0.5, 0.6) is 0 Å². The first-order valence-electron chi connectivity index (χ1n) is 6.66. The van der Waals surface area contributed by atoms with E-state index in [2.05, 4.69) is 5.32 Å². The van der Waals surface area contributed by atoms with Crippen LogP contribution in [0.2, 0.25) is 0 Å². The Balaban J connectivity index is 2.79. The molecule has 0 aliphatic carbocycles. The van der Waals surface area contributed by atoms with E-state index in [1.54, 1.807) is 27.7 Å². The number of carbonyl (C=O) groups excluding carboxylic acids is 3. The van der Waals surface area contributed by atoms with Crippen LogP contribution in [0.1, 0.15) is 40.5 Å². The van der Waals surface area contributed by atoms with Gasteiger partial charge in [-0.25, -0.2) is 0 Å². The van der Waals surface area contributed by atoms with Gasteiger partial charge in [0.25, 0.3) is 0 Å². The lowest BCUT2D eigenvalue weighted by Crippen LogP contribution is -2.52. The normalized spacial score (nSPS) is 24.4. The maximum absolute atomic E-state index is 12.0. The van der Waals surface area contributed by atoms with Gasteiger partial charge in [0, 0.05) is 7.11 Å². The Labute approximate surface area is 119 Å². The highest BCUT2D eigenvalue weighted by molar-refractivity contribution is 6.10. The van der Waals surface area contributed by atoms with E-state index in [1.165, 1.54) is 7.11 Å². The van der Waals surface area contributed by atoms with Crippen LogP contribution in [0.3, 0.4) is 0 Å². The predicted molar refractivity (Wildman–Crippen MR) is 72.0 cm³/mol. The minimum atomic E-state index is -1.11. The van der Waals surface area contributed by atoms with E-state index in [0.717, 1.165) is 0 Å². The topological polar surface area (TPSA) is 81.7 Å². The highest BCUT2D eigenvalue weighted by atomic mass is 16.6. The second kappa shape index (κ2) is 5.91. The van der Waals surface area contributed by atoms with Gasteiger partial charge in [0.05, 0.1) is 18.9 Å². The van der Waals surface area contributed by atoms with Gasteiger partial charge < -0.3 is 14.8 Å². The van der Waals surface area contributed by atoms with Gasteiger partial charge >= 0.3 is 5.97 Å². The van der Waals surface area contributed by atoms with Crippen LogP contribution in [0, 0.1) is 5.92 Å². The van der Waals surface area contributed by atoms with E-state index in [1.807, 2.05) is 0 Å².